The van der Waals surface area contributed by atoms with Gasteiger partial charge >= 0.3 is 0 Å². The van der Waals surface area contributed by atoms with Crippen LogP contribution in [0.25, 0.3) is 11.3 Å². The van der Waals surface area contributed by atoms with E-state index in [0.29, 0.717) is 0 Å². The summed E-state index contributed by atoms with van der Waals surface area (Å²) < 4.78 is 1.93. The van der Waals surface area contributed by atoms with Gasteiger partial charge in [-0.25, -0.2) is 0 Å². The minimum Gasteiger partial charge on any atom is -0.272 e. The molecule has 0 bridgehead atoms. The average Bonchev–Trinajstić information content (AvgIpc) is 2.67. The molecular formula is C11H12N2. The van der Waals surface area contributed by atoms with E-state index in [4.69, 9.17) is 0 Å². The summed E-state index contributed by atoms with van der Waals surface area (Å²) in [7, 11) is 0. The molecule has 0 fully saturated rings. The van der Waals surface area contributed by atoms with Gasteiger partial charge in [-0.05, 0) is 13.0 Å². The SMILES string of the molecule is CCn1ccc(-c2ccccc2)n1. The molecule has 2 rings (SSSR count). The first-order valence-electron chi connectivity index (χ1n) is 4.49. The maximum atomic E-state index is 4.42. The Bertz CT molecular complexity index is 376. The molecule has 1 aromatic heterocycles. The number of aryl methyl sites for hydroxylation is 1. The number of hydrogen-bond donors (Lipinski definition) is 0. The predicted molar refractivity (Wildman–Crippen MR) is 53.3 cm³/mol. The highest BCUT2D eigenvalue weighted by Crippen LogP contribution is 2.15. The van der Waals surface area contributed by atoms with Gasteiger partial charge in [0.1, 0.15) is 0 Å². The zero-order chi connectivity index (χ0) is 9.10. The number of nitrogens with zero attached hydrogens (tertiary/aromatic N) is 2. The van der Waals surface area contributed by atoms with E-state index in [2.05, 4.69) is 24.2 Å². The van der Waals surface area contributed by atoms with Gasteiger partial charge in [0.2, 0.25) is 0 Å². The third-order valence-corrected chi connectivity index (χ3v) is 2.03. The average molecular weight is 172 g/mol. The minimum absolute atomic E-state index is 0.923. The van der Waals surface area contributed by atoms with Crippen LogP contribution in [0, 0.1) is 0 Å². The van der Waals surface area contributed by atoms with E-state index in [0.717, 1.165) is 12.2 Å². The predicted octanol–water partition coefficient (Wildman–Crippen LogP) is 2.57. The van der Waals surface area contributed by atoms with Crippen LogP contribution in [0.4, 0.5) is 0 Å². The molecule has 0 aliphatic rings. The highest BCUT2D eigenvalue weighted by Gasteiger charge is 1.98. The molecule has 13 heavy (non-hydrogen) atoms. The molecule has 0 saturated carbocycles. The fourth-order valence-electron chi connectivity index (χ4n) is 1.30. The first kappa shape index (κ1) is 8.05. The molecule has 0 amide bonds. The van der Waals surface area contributed by atoms with Crippen molar-refractivity contribution in [2.24, 2.45) is 0 Å². The summed E-state index contributed by atoms with van der Waals surface area (Å²) in [6.45, 7) is 3.01. The van der Waals surface area contributed by atoms with Crippen molar-refractivity contribution < 1.29 is 0 Å². The fraction of sp³-hybridized carbons (Fsp3) is 0.182. The first-order chi connectivity index (χ1) is 6.40. The second kappa shape index (κ2) is 3.44. The maximum absolute atomic E-state index is 4.42. The molecule has 0 N–H and O–H groups in total. The molecule has 0 aliphatic carbocycles. The quantitative estimate of drug-likeness (QED) is 0.680. The second-order valence-electron chi connectivity index (χ2n) is 2.92. The third kappa shape index (κ3) is 1.61. The van der Waals surface area contributed by atoms with E-state index in [1.165, 1.54) is 5.56 Å². The maximum Gasteiger partial charge on any atom is 0.0923 e. The van der Waals surface area contributed by atoms with Gasteiger partial charge in [-0.1, -0.05) is 30.3 Å². The highest BCUT2D eigenvalue weighted by atomic mass is 15.3. The zero-order valence-corrected chi connectivity index (χ0v) is 7.64. The van der Waals surface area contributed by atoms with Gasteiger partial charge in [0.25, 0.3) is 0 Å². The molecule has 0 spiro atoms. The largest absolute Gasteiger partial charge is 0.272 e. The third-order valence-electron chi connectivity index (χ3n) is 2.03. The standard InChI is InChI=1S/C11H12N2/c1-2-13-9-8-11(12-13)10-6-4-3-5-7-10/h3-9H,2H2,1H3. The Morgan fingerprint density at radius 2 is 1.92 bits per heavy atom. The number of rotatable bonds is 2. The summed E-state index contributed by atoms with van der Waals surface area (Å²) in [4.78, 5) is 0. The van der Waals surface area contributed by atoms with E-state index >= 15 is 0 Å². The number of hydrogen-bond acceptors (Lipinski definition) is 1. The van der Waals surface area contributed by atoms with Crippen molar-refractivity contribution in [3.05, 3.63) is 42.6 Å². The van der Waals surface area contributed by atoms with E-state index in [1.807, 2.05) is 35.1 Å². The summed E-state index contributed by atoms with van der Waals surface area (Å²) in [6, 6.07) is 12.3. The van der Waals surface area contributed by atoms with Gasteiger partial charge in [-0.3, -0.25) is 4.68 Å². The Kier molecular flexibility index (Phi) is 2.13. The van der Waals surface area contributed by atoms with Crippen molar-refractivity contribution in [2.75, 3.05) is 0 Å². The van der Waals surface area contributed by atoms with Gasteiger partial charge in [-0.2, -0.15) is 5.10 Å². The van der Waals surface area contributed by atoms with Crippen LogP contribution in [0.1, 0.15) is 6.92 Å². The smallest absolute Gasteiger partial charge is 0.0923 e. The highest BCUT2D eigenvalue weighted by molar-refractivity contribution is 5.57. The minimum atomic E-state index is 0.923. The van der Waals surface area contributed by atoms with E-state index in [-0.39, 0.29) is 0 Å². The Labute approximate surface area is 77.8 Å². The molecule has 2 aromatic rings. The monoisotopic (exact) mass is 172 g/mol. The Balaban J connectivity index is 2.36. The topological polar surface area (TPSA) is 17.8 Å². The van der Waals surface area contributed by atoms with Crippen LogP contribution in [-0.2, 0) is 6.54 Å². The fourth-order valence-corrected chi connectivity index (χ4v) is 1.30. The van der Waals surface area contributed by atoms with Crippen molar-refractivity contribution in [1.82, 2.24) is 9.78 Å². The van der Waals surface area contributed by atoms with Crippen molar-refractivity contribution in [1.29, 1.82) is 0 Å². The Hall–Kier alpha value is -1.57. The summed E-state index contributed by atoms with van der Waals surface area (Å²) in [5.41, 5.74) is 2.22. The number of benzene rings is 1. The number of aromatic nitrogens is 2. The first-order valence-corrected chi connectivity index (χ1v) is 4.49. The van der Waals surface area contributed by atoms with Crippen LogP contribution in [-0.4, -0.2) is 9.78 Å². The molecule has 2 nitrogen and oxygen atoms in total. The lowest BCUT2D eigenvalue weighted by atomic mass is 10.2. The molecule has 2 heteroatoms. The van der Waals surface area contributed by atoms with Gasteiger partial charge < -0.3 is 0 Å². The van der Waals surface area contributed by atoms with Gasteiger partial charge in [0, 0.05) is 18.3 Å². The summed E-state index contributed by atoms with van der Waals surface area (Å²) in [5.74, 6) is 0. The summed E-state index contributed by atoms with van der Waals surface area (Å²) in [6.07, 6.45) is 2.00. The lowest BCUT2D eigenvalue weighted by Gasteiger charge is -1.95. The molecule has 0 saturated heterocycles. The molecule has 0 atom stereocenters. The van der Waals surface area contributed by atoms with Crippen molar-refractivity contribution >= 4 is 0 Å². The molecule has 0 radical (unpaired) electrons. The molecule has 66 valence electrons. The van der Waals surface area contributed by atoms with Crippen LogP contribution < -0.4 is 0 Å². The van der Waals surface area contributed by atoms with Crippen LogP contribution in [0.5, 0.6) is 0 Å². The lowest BCUT2D eigenvalue weighted by Crippen LogP contribution is -1.93. The zero-order valence-electron chi connectivity index (χ0n) is 7.64. The van der Waals surface area contributed by atoms with E-state index < -0.39 is 0 Å². The summed E-state index contributed by atoms with van der Waals surface area (Å²) in [5, 5.41) is 4.42. The van der Waals surface area contributed by atoms with Crippen LogP contribution in [0.15, 0.2) is 42.6 Å². The van der Waals surface area contributed by atoms with Crippen molar-refractivity contribution in [3.63, 3.8) is 0 Å². The Morgan fingerprint density at radius 1 is 1.15 bits per heavy atom. The van der Waals surface area contributed by atoms with Gasteiger partial charge in [0.05, 0.1) is 5.69 Å². The van der Waals surface area contributed by atoms with Gasteiger partial charge in [-0.15, -0.1) is 0 Å². The van der Waals surface area contributed by atoms with Crippen molar-refractivity contribution in [3.8, 4) is 11.3 Å². The molecular weight excluding hydrogens is 160 g/mol. The molecule has 1 heterocycles. The normalized spacial score (nSPS) is 10.2. The van der Waals surface area contributed by atoms with Crippen molar-refractivity contribution in [2.45, 2.75) is 13.5 Å². The van der Waals surface area contributed by atoms with E-state index in [1.54, 1.807) is 0 Å². The summed E-state index contributed by atoms with van der Waals surface area (Å²) >= 11 is 0. The van der Waals surface area contributed by atoms with Crippen LogP contribution >= 0.6 is 0 Å². The lowest BCUT2D eigenvalue weighted by molar-refractivity contribution is 0.662. The Morgan fingerprint density at radius 3 is 2.54 bits per heavy atom. The van der Waals surface area contributed by atoms with Crippen LogP contribution in [0.3, 0.4) is 0 Å². The molecule has 0 unspecified atom stereocenters. The second-order valence-corrected chi connectivity index (χ2v) is 2.92. The van der Waals surface area contributed by atoms with Crippen LogP contribution in [0.2, 0.25) is 0 Å². The van der Waals surface area contributed by atoms with Gasteiger partial charge in [0.15, 0.2) is 0 Å². The molecule has 1 aromatic carbocycles. The van der Waals surface area contributed by atoms with E-state index in [9.17, 15) is 0 Å². The molecule has 0 aliphatic heterocycles.